The van der Waals surface area contributed by atoms with Gasteiger partial charge in [-0.15, -0.1) is 0 Å². The second-order valence-electron chi connectivity index (χ2n) is 4.24. The highest BCUT2D eigenvalue weighted by Crippen LogP contribution is 2.15. The fourth-order valence-corrected chi connectivity index (χ4v) is 1.76. The molecule has 0 unspecified atom stereocenters. The largest absolute Gasteiger partial charge is 0.456 e. The van der Waals surface area contributed by atoms with Crippen LogP contribution in [0.15, 0.2) is 27.9 Å². The zero-order valence-corrected chi connectivity index (χ0v) is 10.6. The van der Waals surface area contributed by atoms with Gasteiger partial charge >= 0.3 is 11.7 Å². The van der Waals surface area contributed by atoms with Crippen LogP contribution in [-0.4, -0.2) is 28.2 Å². The van der Waals surface area contributed by atoms with Crippen molar-refractivity contribution in [2.45, 2.75) is 26.2 Å². The van der Waals surface area contributed by atoms with Crippen LogP contribution in [0.4, 0.5) is 0 Å². The van der Waals surface area contributed by atoms with Crippen molar-refractivity contribution in [1.82, 2.24) is 9.55 Å². The molecule has 19 heavy (non-hydrogen) atoms. The second kappa shape index (κ2) is 5.23. The molecule has 2 heterocycles. The zero-order chi connectivity index (χ0) is 14.0. The van der Waals surface area contributed by atoms with E-state index < -0.39 is 29.6 Å². The van der Waals surface area contributed by atoms with Crippen LogP contribution in [0.25, 0.3) is 0 Å². The Labute approximate surface area is 108 Å². The molecule has 1 N–H and O–H groups in total. The highest BCUT2D eigenvalue weighted by Gasteiger charge is 2.20. The predicted octanol–water partition coefficient (Wildman–Crippen LogP) is -0.138. The highest BCUT2D eigenvalue weighted by molar-refractivity contribution is 5.66. The van der Waals surface area contributed by atoms with Crippen LogP contribution in [0.3, 0.4) is 0 Å². The van der Waals surface area contributed by atoms with E-state index >= 15 is 0 Å². The summed E-state index contributed by atoms with van der Waals surface area (Å²) in [6.07, 6.45) is 3.63. The maximum absolute atomic E-state index is 11.7. The minimum atomic E-state index is -0.616. The molecule has 2 rings (SSSR count). The molecule has 1 aromatic rings. The lowest BCUT2D eigenvalue weighted by molar-refractivity contribution is -0.149. The van der Waals surface area contributed by atoms with E-state index in [2.05, 4.69) is 4.98 Å². The number of aryl methyl sites for hydroxylation is 1. The third kappa shape index (κ3) is 3.00. The highest BCUT2D eigenvalue weighted by atomic mass is 16.6. The van der Waals surface area contributed by atoms with Crippen LogP contribution in [0.5, 0.6) is 0 Å². The van der Waals surface area contributed by atoms with Crippen LogP contribution in [0.1, 0.15) is 18.7 Å². The summed E-state index contributed by atoms with van der Waals surface area (Å²) in [7, 11) is 0. The van der Waals surface area contributed by atoms with E-state index in [0.717, 1.165) is 0 Å². The molecular formula is C12H14N2O5. The maximum Gasteiger partial charge on any atom is 0.330 e. The molecule has 0 spiro atoms. The summed E-state index contributed by atoms with van der Waals surface area (Å²) < 4.78 is 11.7. The number of H-pyrrole nitrogens is 1. The van der Waals surface area contributed by atoms with Crippen LogP contribution in [0, 0.1) is 6.92 Å². The molecule has 7 heteroatoms. The van der Waals surface area contributed by atoms with E-state index in [4.69, 9.17) is 9.47 Å². The molecule has 0 saturated heterocycles. The number of aromatic amines is 1. The van der Waals surface area contributed by atoms with Gasteiger partial charge in [-0.25, -0.2) is 4.79 Å². The van der Waals surface area contributed by atoms with Crippen molar-refractivity contribution in [2.75, 3.05) is 6.61 Å². The number of rotatable bonds is 2. The number of hydrogen-bond donors (Lipinski definition) is 1. The van der Waals surface area contributed by atoms with Crippen molar-refractivity contribution >= 4 is 5.97 Å². The second-order valence-corrected chi connectivity index (χ2v) is 4.24. The topological polar surface area (TPSA) is 90.4 Å². The molecule has 0 aliphatic carbocycles. The number of nitrogens with zero attached hydrogens (tertiary/aromatic N) is 1. The molecule has 0 aromatic carbocycles. The fraction of sp³-hybridized carbons (Fsp3) is 0.417. The minimum Gasteiger partial charge on any atom is -0.456 e. The average Bonchev–Trinajstić information content (AvgIpc) is 2.34. The zero-order valence-electron chi connectivity index (χ0n) is 10.6. The quantitative estimate of drug-likeness (QED) is 0.594. The molecule has 0 saturated carbocycles. The van der Waals surface area contributed by atoms with E-state index in [1.807, 2.05) is 0 Å². The third-order valence-electron chi connectivity index (χ3n) is 2.66. The van der Waals surface area contributed by atoms with Crippen molar-refractivity contribution in [3.63, 3.8) is 0 Å². The van der Waals surface area contributed by atoms with Gasteiger partial charge in [0.1, 0.15) is 6.10 Å². The number of carbonyl (C=O) groups is 1. The summed E-state index contributed by atoms with van der Waals surface area (Å²) in [4.78, 5) is 35.9. The summed E-state index contributed by atoms with van der Waals surface area (Å²) in [6, 6.07) is 0. The van der Waals surface area contributed by atoms with Gasteiger partial charge in [0.2, 0.25) is 0 Å². The molecule has 0 radical (unpaired) electrons. The van der Waals surface area contributed by atoms with Crippen LogP contribution < -0.4 is 11.2 Å². The molecule has 102 valence electrons. The number of hydrogen-bond acceptors (Lipinski definition) is 5. The number of carbonyl (C=O) groups excluding carboxylic acids is 1. The first-order valence-electron chi connectivity index (χ1n) is 5.76. The molecular weight excluding hydrogens is 252 g/mol. The number of esters is 1. The van der Waals surface area contributed by atoms with Gasteiger partial charge in [0.05, 0.1) is 6.61 Å². The monoisotopic (exact) mass is 266 g/mol. The Morgan fingerprint density at radius 2 is 2.21 bits per heavy atom. The standard InChI is InChI=1S/C12H14N2O5/c1-7-5-14(12(17)13-11(7)16)10-4-3-9(6-18-10)19-8(2)15/h3-5,9-10H,6H2,1-2H3,(H,13,16,17)/t9-,10-/m0/s1. The fourth-order valence-electron chi connectivity index (χ4n) is 1.76. The average molecular weight is 266 g/mol. The van der Waals surface area contributed by atoms with Gasteiger partial charge < -0.3 is 9.47 Å². The Balaban J connectivity index is 2.22. The van der Waals surface area contributed by atoms with Crippen LogP contribution in [-0.2, 0) is 14.3 Å². The molecule has 2 atom stereocenters. The van der Waals surface area contributed by atoms with Crippen molar-refractivity contribution in [1.29, 1.82) is 0 Å². The first kappa shape index (κ1) is 13.3. The van der Waals surface area contributed by atoms with Gasteiger partial charge in [0.15, 0.2) is 6.23 Å². The van der Waals surface area contributed by atoms with E-state index in [0.29, 0.717) is 5.56 Å². The van der Waals surface area contributed by atoms with E-state index in [9.17, 15) is 14.4 Å². The van der Waals surface area contributed by atoms with Gasteiger partial charge in [-0.3, -0.25) is 19.1 Å². The smallest absolute Gasteiger partial charge is 0.330 e. The summed E-state index contributed by atoms with van der Waals surface area (Å²) in [5.41, 5.74) is -0.547. The number of aromatic nitrogens is 2. The summed E-state index contributed by atoms with van der Waals surface area (Å²) >= 11 is 0. The van der Waals surface area contributed by atoms with Gasteiger partial charge in [0.25, 0.3) is 5.56 Å². The Hall–Kier alpha value is -2.15. The molecule has 7 nitrogen and oxygen atoms in total. The Morgan fingerprint density at radius 1 is 1.47 bits per heavy atom. The summed E-state index contributed by atoms with van der Waals surface area (Å²) in [5.74, 6) is -0.395. The van der Waals surface area contributed by atoms with Gasteiger partial charge in [-0.1, -0.05) is 0 Å². The van der Waals surface area contributed by atoms with Crippen LogP contribution >= 0.6 is 0 Å². The lowest BCUT2D eigenvalue weighted by atomic mass is 10.2. The number of ether oxygens (including phenoxy) is 2. The van der Waals surface area contributed by atoms with E-state index in [1.54, 1.807) is 19.1 Å². The first-order chi connectivity index (χ1) is 8.97. The lowest BCUT2D eigenvalue weighted by Crippen LogP contribution is -2.36. The predicted molar refractivity (Wildman–Crippen MR) is 65.7 cm³/mol. The lowest BCUT2D eigenvalue weighted by Gasteiger charge is -2.24. The SMILES string of the molecule is CC(=O)O[C@H]1C=C[C@@H](n2cc(C)c(=O)[nH]c2=O)OC1. The molecule has 1 aliphatic heterocycles. The maximum atomic E-state index is 11.7. The third-order valence-corrected chi connectivity index (χ3v) is 2.66. The Bertz CT molecular complexity index is 628. The van der Waals surface area contributed by atoms with E-state index in [1.165, 1.54) is 17.7 Å². The Morgan fingerprint density at radius 3 is 2.79 bits per heavy atom. The van der Waals surface area contributed by atoms with Gasteiger partial charge in [-0.2, -0.15) is 0 Å². The van der Waals surface area contributed by atoms with Crippen molar-refractivity contribution in [3.8, 4) is 0 Å². The van der Waals surface area contributed by atoms with Crippen molar-refractivity contribution in [2.24, 2.45) is 0 Å². The first-order valence-corrected chi connectivity index (χ1v) is 5.76. The summed E-state index contributed by atoms with van der Waals surface area (Å²) in [6.45, 7) is 3.07. The minimum absolute atomic E-state index is 0.158. The molecule has 0 fully saturated rings. The Kier molecular flexibility index (Phi) is 3.66. The van der Waals surface area contributed by atoms with Gasteiger partial charge in [-0.05, 0) is 19.1 Å². The number of nitrogens with one attached hydrogen (secondary N) is 1. The molecule has 0 bridgehead atoms. The molecule has 1 aromatic heterocycles. The molecule has 1 aliphatic rings. The summed E-state index contributed by atoms with van der Waals surface area (Å²) in [5, 5.41) is 0. The normalized spacial score (nSPS) is 22.2. The van der Waals surface area contributed by atoms with Crippen molar-refractivity contribution in [3.05, 3.63) is 44.8 Å². The molecule has 0 amide bonds. The van der Waals surface area contributed by atoms with Crippen molar-refractivity contribution < 1.29 is 14.3 Å². The van der Waals surface area contributed by atoms with E-state index in [-0.39, 0.29) is 6.61 Å². The van der Waals surface area contributed by atoms with Crippen LogP contribution in [0.2, 0.25) is 0 Å². The van der Waals surface area contributed by atoms with Gasteiger partial charge in [0, 0.05) is 18.7 Å².